The first-order valence-electron chi connectivity index (χ1n) is 7.47. The quantitative estimate of drug-likeness (QED) is 0.810. The third kappa shape index (κ3) is 2.08. The van der Waals surface area contributed by atoms with Crippen molar-refractivity contribution in [3.63, 3.8) is 0 Å². The fourth-order valence-corrected chi connectivity index (χ4v) is 4.76. The maximum absolute atomic E-state index is 13.1. The SMILES string of the molecule is COc1c2c(c(S(=O)(=O)n3ccnc3)c3c1OCO3)CCN(C)C2. The Kier molecular flexibility index (Phi) is 3.43. The van der Waals surface area contributed by atoms with Crippen LogP contribution in [-0.2, 0) is 23.0 Å². The van der Waals surface area contributed by atoms with E-state index in [1.165, 1.54) is 18.7 Å². The summed E-state index contributed by atoms with van der Waals surface area (Å²) in [5.74, 6) is 1.13. The molecule has 3 heterocycles. The zero-order valence-corrected chi connectivity index (χ0v) is 14.2. The summed E-state index contributed by atoms with van der Waals surface area (Å²) in [6.07, 6.45) is 4.69. The Bertz CT molecular complexity index is 893. The van der Waals surface area contributed by atoms with Gasteiger partial charge in [-0.2, -0.15) is 0 Å². The molecule has 4 rings (SSSR count). The van der Waals surface area contributed by atoms with Crippen molar-refractivity contribution in [2.45, 2.75) is 17.9 Å². The third-order valence-corrected chi connectivity index (χ3v) is 6.05. The first-order chi connectivity index (χ1) is 11.5. The maximum atomic E-state index is 13.1. The van der Waals surface area contributed by atoms with Gasteiger partial charge in [-0.15, -0.1) is 0 Å². The van der Waals surface area contributed by atoms with Gasteiger partial charge < -0.3 is 19.1 Å². The summed E-state index contributed by atoms with van der Waals surface area (Å²) in [5.41, 5.74) is 1.55. The van der Waals surface area contributed by atoms with E-state index in [1.807, 2.05) is 7.05 Å². The highest BCUT2D eigenvalue weighted by Crippen LogP contribution is 2.51. The van der Waals surface area contributed by atoms with Gasteiger partial charge in [-0.05, 0) is 19.0 Å². The van der Waals surface area contributed by atoms with E-state index in [0.717, 1.165) is 21.6 Å². The van der Waals surface area contributed by atoms with Crippen LogP contribution in [0, 0.1) is 0 Å². The molecule has 0 atom stereocenters. The summed E-state index contributed by atoms with van der Waals surface area (Å²) in [4.78, 5) is 6.11. The molecule has 128 valence electrons. The van der Waals surface area contributed by atoms with Crippen LogP contribution in [0.4, 0.5) is 0 Å². The van der Waals surface area contributed by atoms with Crippen molar-refractivity contribution in [1.29, 1.82) is 0 Å². The molecule has 0 spiro atoms. The average molecular weight is 351 g/mol. The van der Waals surface area contributed by atoms with Crippen LogP contribution < -0.4 is 14.2 Å². The van der Waals surface area contributed by atoms with Crippen LogP contribution in [0.5, 0.6) is 17.2 Å². The van der Waals surface area contributed by atoms with Crippen LogP contribution in [0.15, 0.2) is 23.6 Å². The van der Waals surface area contributed by atoms with Gasteiger partial charge in [0.05, 0.1) is 7.11 Å². The Balaban J connectivity index is 2.05. The van der Waals surface area contributed by atoms with Crippen molar-refractivity contribution in [3.05, 3.63) is 29.8 Å². The smallest absolute Gasteiger partial charge is 0.273 e. The molecular weight excluding hydrogens is 334 g/mol. The van der Waals surface area contributed by atoms with Crippen LogP contribution in [0.1, 0.15) is 11.1 Å². The fourth-order valence-electron chi connectivity index (χ4n) is 3.23. The molecule has 2 aliphatic heterocycles. The molecule has 9 heteroatoms. The van der Waals surface area contributed by atoms with E-state index in [-0.39, 0.29) is 17.4 Å². The summed E-state index contributed by atoms with van der Waals surface area (Å²) < 4.78 is 43.9. The number of likely N-dealkylation sites (N-methyl/N-ethyl adjacent to an activating group) is 1. The summed E-state index contributed by atoms with van der Waals surface area (Å²) in [5, 5.41) is 0. The minimum Gasteiger partial charge on any atom is -0.492 e. The molecule has 0 radical (unpaired) electrons. The molecule has 1 aromatic heterocycles. The molecule has 0 unspecified atom stereocenters. The lowest BCUT2D eigenvalue weighted by Crippen LogP contribution is -2.29. The van der Waals surface area contributed by atoms with Gasteiger partial charge >= 0.3 is 0 Å². The number of rotatable bonds is 3. The van der Waals surface area contributed by atoms with E-state index in [9.17, 15) is 8.42 Å². The highest BCUT2D eigenvalue weighted by Gasteiger charge is 2.38. The van der Waals surface area contributed by atoms with E-state index < -0.39 is 10.0 Å². The van der Waals surface area contributed by atoms with Crippen molar-refractivity contribution in [2.75, 3.05) is 27.5 Å². The van der Waals surface area contributed by atoms with Crippen LogP contribution in [0.25, 0.3) is 0 Å². The van der Waals surface area contributed by atoms with Crippen LogP contribution in [0.2, 0.25) is 0 Å². The van der Waals surface area contributed by atoms with Gasteiger partial charge in [-0.3, -0.25) is 0 Å². The molecule has 2 aliphatic rings. The second kappa shape index (κ2) is 5.38. The van der Waals surface area contributed by atoms with Crippen molar-refractivity contribution < 1.29 is 22.6 Å². The summed E-state index contributed by atoms with van der Waals surface area (Å²) in [6.45, 7) is 1.31. The molecule has 0 N–H and O–H groups in total. The second-order valence-corrected chi connectivity index (χ2v) is 7.55. The van der Waals surface area contributed by atoms with E-state index >= 15 is 0 Å². The lowest BCUT2D eigenvalue weighted by molar-refractivity contribution is 0.169. The number of benzene rings is 1. The van der Waals surface area contributed by atoms with Crippen molar-refractivity contribution in [1.82, 2.24) is 13.9 Å². The van der Waals surface area contributed by atoms with Gasteiger partial charge in [0.1, 0.15) is 11.2 Å². The van der Waals surface area contributed by atoms with Crippen LogP contribution in [0.3, 0.4) is 0 Å². The standard InChI is InChI=1S/C15H17N3O5S/c1-17-5-3-10-11(7-17)12(21-2)13-14(23-9-22-13)15(10)24(19,20)18-6-4-16-8-18/h4,6,8H,3,5,7,9H2,1-2H3. The van der Waals surface area contributed by atoms with Gasteiger partial charge in [-0.25, -0.2) is 17.4 Å². The zero-order chi connectivity index (χ0) is 16.9. The molecule has 0 saturated heterocycles. The van der Waals surface area contributed by atoms with E-state index in [4.69, 9.17) is 14.2 Å². The Morgan fingerprint density at radius 3 is 2.75 bits per heavy atom. The van der Waals surface area contributed by atoms with Crippen molar-refractivity contribution in [3.8, 4) is 17.2 Å². The first-order valence-corrected chi connectivity index (χ1v) is 8.91. The Hall–Kier alpha value is -2.26. The highest BCUT2D eigenvalue weighted by atomic mass is 32.2. The predicted molar refractivity (Wildman–Crippen MR) is 84.0 cm³/mol. The molecule has 8 nitrogen and oxygen atoms in total. The molecule has 24 heavy (non-hydrogen) atoms. The van der Waals surface area contributed by atoms with Gasteiger partial charge in [0.15, 0.2) is 11.5 Å². The van der Waals surface area contributed by atoms with Gasteiger partial charge in [-0.1, -0.05) is 0 Å². The molecule has 1 aromatic carbocycles. The number of hydrogen-bond donors (Lipinski definition) is 0. The second-order valence-electron chi connectivity index (χ2n) is 5.77. The number of ether oxygens (including phenoxy) is 3. The molecular formula is C15H17N3O5S. The van der Waals surface area contributed by atoms with E-state index in [2.05, 4.69) is 9.88 Å². The number of nitrogens with zero attached hydrogens (tertiary/aromatic N) is 3. The highest BCUT2D eigenvalue weighted by molar-refractivity contribution is 7.90. The minimum atomic E-state index is -3.83. The topological polar surface area (TPSA) is 82.9 Å². The Morgan fingerprint density at radius 1 is 1.25 bits per heavy atom. The normalized spacial score (nSPS) is 16.9. The maximum Gasteiger partial charge on any atom is 0.273 e. The predicted octanol–water partition coefficient (Wildman–Crippen LogP) is 0.845. The zero-order valence-electron chi connectivity index (χ0n) is 13.4. The lowest BCUT2D eigenvalue weighted by atomic mass is 9.97. The number of methoxy groups -OCH3 is 1. The summed E-state index contributed by atoms with van der Waals surface area (Å²) >= 11 is 0. The number of imidazole rings is 1. The van der Waals surface area contributed by atoms with Crippen molar-refractivity contribution in [2.24, 2.45) is 0 Å². The van der Waals surface area contributed by atoms with Gasteiger partial charge in [0, 0.05) is 31.0 Å². The first kappa shape index (κ1) is 15.3. The lowest BCUT2D eigenvalue weighted by Gasteiger charge is -2.29. The Labute approximate surface area is 139 Å². The molecule has 0 bridgehead atoms. The summed E-state index contributed by atoms with van der Waals surface area (Å²) in [6, 6.07) is 0. The van der Waals surface area contributed by atoms with Crippen LogP contribution in [-0.4, -0.2) is 49.8 Å². The van der Waals surface area contributed by atoms with E-state index in [0.29, 0.717) is 24.5 Å². The minimum absolute atomic E-state index is 0.0309. The largest absolute Gasteiger partial charge is 0.492 e. The number of hydrogen-bond acceptors (Lipinski definition) is 7. The average Bonchev–Trinajstić information content (AvgIpc) is 3.23. The fraction of sp³-hybridized carbons (Fsp3) is 0.400. The van der Waals surface area contributed by atoms with Gasteiger partial charge in [0.25, 0.3) is 10.0 Å². The Morgan fingerprint density at radius 2 is 2.04 bits per heavy atom. The molecule has 2 aromatic rings. The molecule has 0 saturated carbocycles. The van der Waals surface area contributed by atoms with Gasteiger partial charge in [0.2, 0.25) is 12.5 Å². The molecule has 0 aliphatic carbocycles. The number of fused-ring (bicyclic) bond motifs is 2. The third-order valence-electron chi connectivity index (χ3n) is 4.33. The van der Waals surface area contributed by atoms with Crippen molar-refractivity contribution >= 4 is 10.0 Å². The molecule has 0 amide bonds. The summed E-state index contributed by atoms with van der Waals surface area (Å²) in [7, 11) is -0.295. The van der Waals surface area contributed by atoms with E-state index in [1.54, 1.807) is 7.11 Å². The monoisotopic (exact) mass is 351 g/mol. The number of aromatic nitrogens is 2. The molecule has 0 fully saturated rings. The van der Waals surface area contributed by atoms with Crippen LogP contribution >= 0.6 is 0 Å².